The van der Waals surface area contributed by atoms with Crippen LogP contribution in [0.1, 0.15) is 44.1 Å². The lowest BCUT2D eigenvalue weighted by Gasteiger charge is -2.25. The fraction of sp³-hybridized carbons (Fsp3) is 0.417. The van der Waals surface area contributed by atoms with E-state index >= 15 is 0 Å². The van der Waals surface area contributed by atoms with E-state index in [1.165, 1.54) is 12.8 Å². The monoisotopic (exact) mass is 392 g/mol. The van der Waals surface area contributed by atoms with E-state index in [1.807, 2.05) is 59.5 Å². The first-order valence-corrected chi connectivity index (χ1v) is 10.5. The summed E-state index contributed by atoms with van der Waals surface area (Å²) in [5.74, 6) is 0.582. The lowest BCUT2D eigenvalue weighted by Crippen LogP contribution is -2.43. The van der Waals surface area contributed by atoms with Crippen LogP contribution in [0, 0.1) is 5.41 Å². The zero-order valence-electron chi connectivity index (χ0n) is 16.7. The zero-order valence-corrected chi connectivity index (χ0v) is 16.7. The summed E-state index contributed by atoms with van der Waals surface area (Å²) in [5.41, 5.74) is 0.942. The maximum atomic E-state index is 13.0. The summed E-state index contributed by atoms with van der Waals surface area (Å²) in [6, 6.07) is 17.3. The van der Waals surface area contributed by atoms with Crippen molar-refractivity contribution in [1.29, 1.82) is 0 Å². The number of carbonyl (C=O) groups excluding carboxylic acids is 2. The highest BCUT2D eigenvalue weighted by Gasteiger charge is 2.57. The molecule has 2 aromatic carbocycles. The van der Waals surface area contributed by atoms with E-state index < -0.39 is 5.41 Å². The number of rotatable bonds is 6. The summed E-state index contributed by atoms with van der Waals surface area (Å²) >= 11 is 0. The molecule has 0 radical (unpaired) electrons. The summed E-state index contributed by atoms with van der Waals surface area (Å²) in [4.78, 5) is 27.8. The molecule has 29 heavy (non-hydrogen) atoms. The number of likely N-dealkylation sites (tertiary alicyclic amines) is 1. The van der Waals surface area contributed by atoms with Crippen LogP contribution in [-0.2, 0) is 16.2 Å². The van der Waals surface area contributed by atoms with Gasteiger partial charge in [0, 0.05) is 18.8 Å². The van der Waals surface area contributed by atoms with Gasteiger partial charge >= 0.3 is 0 Å². The van der Waals surface area contributed by atoms with Crippen molar-refractivity contribution in [2.75, 3.05) is 18.4 Å². The normalized spacial score (nSPS) is 17.9. The second-order valence-corrected chi connectivity index (χ2v) is 8.04. The fourth-order valence-corrected chi connectivity index (χ4v) is 3.87. The molecule has 152 valence electrons. The van der Waals surface area contributed by atoms with Crippen LogP contribution in [0.5, 0.6) is 5.75 Å². The highest BCUT2D eigenvalue weighted by Crippen LogP contribution is 2.48. The lowest BCUT2D eigenvalue weighted by molar-refractivity contribution is -0.142. The van der Waals surface area contributed by atoms with Crippen molar-refractivity contribution in [3.8, 4) is 5.75 Å². The van der Waals surface area contributed by atoms with Crippen molar-refractivity contribution in [3.05, 3.63) is 60.2 Å². The molecule has 0 bridgehead atoms. The number of benzene rings is 2. The Hall–Kier alpha value is -2.82. The van der Waals surface area contributed by atoms with Crippen LogP contribution in [0.2, 0.25) is 0 Å². The number of ether oxygens (including phenoxy) is 1. The first-order chi connectivity index (χ1) is 14.2. The molecular formula is C24H28N2O3. The number of nitrogens with zero attached hydrogens (tertiary/aromatic N) is 1. The first kappa shape index (κ1) is 19.5. The van der Waals surface area contributed by atoms with Crippen molar-refractivity contribution in [3.63, 3.8) is 0 Å². The van der Waals surface area contributed by atoms with E-state index in [4.69, 9.17) is 4.74 Å². The molecule has 2 aromatic rings. The molecule has 1 saturated carbocycles. The van der Waals surface area contributed by atoms with Gasteiger partial charge in [-0.1, -0.05) is 43.2 Å². The molecule has 1 aliphatic carbocycles. The summed E-state index contributed by atoms with van der Waals surface area (Å²) in [6.07, 6.45) is 5.70. The van der Waals surface area contributed by atoms with Gasteiger partial charge in [-0.05, 0) is 55.5 Å². The molecular weight excluding hydrogens is 364 g/mol. The molecule has 0 spiro atoms. The molecule has 0 aromatic heterocycles. The topological polar surface area (TPSA) is 58.6 Å². The molecule has 2 fully saturated rings. The third-order valence-electron chi connectivity index (χ3n) is 5.85. The van der Waals surface area contributed by atoms with Gasteiger partial charge in [-0.3, -0.25) is 9.59 Å². The van der Waals surface area contributed by atoms with E-state index in [0.29, 0.717) is 25.1 Å². The minimum absolute atomic E-state index is 0.0136. The molecule has 1 heterocycles. The maximum absolute atomic E-state index is 13.0. The predicted molar refractivity (Wildman–Crippen MR) is 113 cm³/mol. The Morgan fingerprint density at radius 1 is 0.897 bits per heavy atom. The Morgan fingerprint density at radius 2 is 1.55 bits per heavy atom. The quantitative estimate of drug-likeness (QED) is 0.742. The van der Waals surface area contributed by atoms with Crippen molar-refractivity contribution < 1.29 is 14.3 Å². The fourth-order valence-electron chi connectivity index (χ4n) is 3.87. The molecule has 0 unspecified atom stereocenters. The van der Waals surface area contributed by atoms with Gasteiger partial charge in [-0.15, -0.1) is 0 Å². The minimum Gasteiger partial charge on any atom is -0.489 e. The maximum Gasteiger partial charge on any atom is 0.240 e. The number of amides is 2. The van der Waals surface area contributed by atoms with E-state index in [9.17, 15) is 9.59 Å². The standard InChI is InChI=1S/C24H28N2O3/c27-22(24(14-15-24)23(28)26-16-6-1-2-7-17-26)25-20-10-12-21(13-11-20)29-18-19-8-4-3-5-9-19/h3-5,8-13H,1-2,6-7,14-18H2,(H,25,27). The number of hydrogen-bond donors (Lipinski definition) is 1. The van der Waals surface area contributed by atoms with Gasteiger partial charge in [0.15, 0.2) is 0 Å². The third-order valence-corrected chi connectivity index (χ3v) is 5.85. The van der Waals surface area contributed by atoms with E-state index in [2.05, 4.69) is 5.32 Å². The number of hydrogen-bond acceptors (Lipinski definition) is 3. The Labute approximate surface area is 172 Å². The van der Waals surface area contributed by atoms with Gasteiger partial charge in [-0.2, -0.15) is 0 Å². The van der Waals surface area contributed by atoms with E-state index in [1.54, 1.807) is 0 Å². The molecule has 1 saturated heterocycles. The Bertz CT molecular complexity index is 836. The largest absolute Gasteiger partial charge is 0.489 e. The molecule has 2 aliphatic rings. The second-order valence-electron chi connectivity index (χ2n) is 8.04. The smallest absolute Gasteiger partial charge is 0.240 e. The van der Waals surface area contributed by atoms with Crippen molar-refractivity contribution in [2.45, 2.75) is 45.1 Å². The summed E-state index contributed by atoms with van der Waals surface area (Å²) in [6.45, 7) is 2.06. The molecule has 1 N–H and O–H groups in total. The summed E-state index contributed by atoms with van der Waals surface area (Å²) in [5, 5.41) is 2.94. The van der Waals surface area contributed by atoms with Crippen LogP contribution >= 0.6 is 0 Å². The van der Waals surface area contributed by atoms with Gasteiger partial charge in [0.1, 0.15) is 17.8 Å². The third kappa shape index (κ3) is 4.61. The van der Waals surface area contributed by atoms with Crippen molar-refractivity contribution >= 4 is 17.5 Å². The Kier molecular flexibility index (Phi) is 5.84. The number of anilines is 1. The Balaban J connectivity index is 1.33. The highest BCUT2D eigenvalue weighted by atomic mass is 16.5. The second kappa shape index (κ2) is 8.68. The average Bonchev–Trinajstić information content (AvgIpc) is 3.58. The zero-order chi connectivity index (χ0) is 20.1. The van der Waals surface area contributed by atoms with Crippen LogP contribution < -0.4 is 10.1 Å². The number of nitrogens with one attached hydrogen (secondary N) is 1. The summed E-state index contributed by atoms with van der Waals surface area (Å²) < 4.78 is 5.79. The SMILES string of the molecule is O=C(Nc1ccc(OCc2ccccc2)cc1)C1(C(=O)N2CCCCCC2)CC1. The van der Waals surface area contributed by atoms with Crippen LogP contribution in [0.3, 0.4) is 0 Å². The van der Waals surface area contributed by atoms with Gasteiger partial charge in [-0.25, -0.2) is 0 Å². The molecule has 5 nitrogen and oxygen atoms in total. The molecule has 1 aliphatic heterocycles. The molecule has 5 heteroatoms. The minimum atomic E-state index is -0.854. The Morgan fingerprint density at radius 3 is 2.17 bits per heavy atom. The predicted octanol–water partition coefficient (Wildman–Crippen LogP) is 4.39. The van der Waals surface area contributed by atoms with Gasteiger partial charge < -0.3 is 15.0 Å². The van der Waals surface area contributed by atoms with Crippen LogP contribution in [0.4, 0.5) is 5.69 Å². The first-order valence-electron chi connectivity index (χ1n) is 10.5. The van der Waals surface area contributed by atoms with E-state index in [-0.39, 0.29) is 11.8 Å². The van der Waals surface area contributed by atoms with Crippen LogP contribution in [0.25, 0.3) is 0 Å². The van der Waals surface area contributed by atoms with Gasteiger partial charge in [0.05, 0.1) is 0 Å². The van der Waals surface area contributed by atoms with Crippen molar-refractivity contribution in [2.24, 2.45) is 5.41 Å². The van der Waals surface area contributed by atoms with Crippen LogP contribution in [-0.4, -0.2) is 29.8 Å². The number of carbonyl (C=O) groups is 2. The van der Waals surface area contributed by atoms with Crippen molar-refractivity contribution in [1.82, 2.24) is 4.90 Å². The molecule has 4 rings (SSSR count). The lowest BCUT2D eigenvalue weighted by atomic mass is 10.0. The molecule has 2 amide bonds. The van der Waals surface area contributed by atoms with E-state index in [0.717, 1.165) is 37.2 Å². The van der Waals surface area contributed by atoms with Gasteiger partial charge in [0.2, 0.25) is 11.8 Å². The van der Waals surface area contributed by atoms with Crippen LogP contribution in [0.15, 0.2) is 54.6 Å². The summed E-state index contributed by atoms with van der Waals surface area (Å²) in [7, 11) is 0. The highest BCUT2D eigenvalue weighted by molar-refractivity contribution is 6.13. The molecule has 0 atom stereocenters. The van der Waals surface area contributed by atoms with Gasteiger partial charge in [0.25, 0.3) is 0 Å². The average molecular weight is 392 g/mol.